The molecule has 1 aromatic rings. The van der Waals surface area contributed by atoms with Crippen LogP contribution >= 0.6 is 0 Å². The normalized spacial score (nSPS) is 28.9. The molecule has 0 spiro atoms. The number of hydrogen-bond acceptors (Lipinski definition) is 3. The van der Waals surface area contributed by atoms with Crippen LogP contribution in [0.1, 0.15) is 17.9 Å². The number of nitrogens with two attached hydrogens (primary N) is 1. The lowest BCUT2D eigenvalue weighted by Crippen LogP contribution is -2.21. The van der Waals surface area contributed by atoms with Gasteiger partial charge in [0.25, 0.3) is 0 Å². The highest BCUT2D eigenvalue weighted by Crippen LogP contribution is 2.58. The Labute approximate surface area is 89.9 Å². The summed E-state index contributed by atoms with van der Waals surface area (Å²) >= 11 is 0. The van der Waals surface area contributed by atoms with E-state index in [1.807, 2.05) is 18.2 Å². The van der Waals surface area contributed by atoms with Gasteiger partial charge in [0, 0.05) is 12.0 Å². The Morgan fingerprint density at radius 3 is 2.93 bits per heavy atom. The van der Waals surface area contributed by atoms with E-state index in [1.54, 1.807) is 7.11 Å². The molecule has 1 aliphatic carbocycles. The van der Waals surface area contributed by atoms with Crippen molar-refractivity contribution in [2.45, 2.75) is 12.3 Å². The van der Waals surface area contributed by atoms with Crippen molar-refractivity contribution in [3.05, 3.63) is 29.8 Å². The minimum atomic E-state index is -0.0770. The highest BCUT2D eigenvalue weighted by Gasteiger charge is 2.53. The second kappa shape index (κ2) is 3.83. The molecule has 0 bridgehead atoms. The Balaban J connectivity index is 2.18. The number of aliphatic hydroxyl groups excluding tert-OH is 1. The fraction of sp³-hybridized carbons (Fsp3) is 0.500. The van der Waals surface area contributed by atoms with Gasteiger partial charge in [0.2, 0.25) is 0 Å². The Kier molecular flexibility index (Phi) is 2.67. The van der Waals surface area contributed by atoms with Gasteiger partial charge in [-0.05, 0) is 30.0 Å². The van der Waals surface area contributed by atoms with Crippen LogP contribution in [0.2, 0.25) is 0 Å². The molecule has 0 amide bonds. The summed E-state index contributed by atoms with van der Waals surface area (Å²) in [5.41, 5.74) is 6.83. The molecule has 2 rings (SSSR count). The Morgan fingerprint density at radius 1 is 1.60 bits per heavy atom. The smallest absolute Gasteiger partial charge is 0.119 e. The molecule has 0 aromatic heterocycles. The van der Waals surface area contributed by atoms with E-state index in [0.29, 0.717) is 12.5 Å². The molecule has 0 saturated heterocycles. The van der Waals surface area contributed by atoms with Gasteiger partial charge in [-0.2, -0.15) is 0 Å². The van der Waals surface area contributed by atoms with Crippen molar-refractivity contribution in [2.75, 3.05) is 20.3 Å². The van der Waals surface area contributed by atoms with E-state index in [4.69, 9.17) is 10.5 Å². The molecule has 1 fully saturated rings. The Morgan fingerprint density at radius 2 is 2.40 bits per heavy atom. The summed E-state index contributed by atoms with van der Waals surface area (Å²) in [4.78, 5) is 0. The van der Waals surface area contributed by atoms with Gasteiger partial charge in [0.05, 0.1) is 13.7 Å². The van der Waals surface area contributed by atoms with E-state index < -0.39 is 0 Å². The van der Waals surface area contributed by atoms with Crippen LogP contribution in [0, 0.1) is 5.41 Å². The van der Waals surface area contributed by atoms with Crippen LogP contribution < -0.4 is 10.5 Å². The van der Waals surface area contributed by atoms with E-state index in [9.17, 15) is 5.11 Å². The summed E-state index contributed by atoms with van der Waals surface area (Å²) in [7, 11) is 1.66. The summed E-state index contributed by atoms with van der Waals surface area (Å²) in [6, 6.07) is 8.00. The molecule has 3 nitrogen and oxygen atoms in total. The quantitative estimate of drug-likeness (QED) is 0.778. The van der Waals surface area contributed by atoms with Crippen molar-refractivity contribution < 1.29 is 9.84 Å². The SMILES string of the molecule is COc1cccc([C@@H]2C[C@@]2(CN)CO)c1. The standard InChI is InChI=1S/C12H17NO2/c1-15-10-4-2-3-9(5-10)11-6-12(11,7-13)8-14/h2-5,11,14H,6-8,13H2,1H3/t11-,12+/m0/s1. The minimum Gasteiger partial charge on any atom is -0.497 e. The molecule has 0 heterocycles. The predicted octanol–water partition coefficient (Wildman–Crippen LogP) is 1.12. The molecule has 0 aliphatic heterocycles. The van der Waals surface area contributed by atoms with Crippen LogP contribution in [-0.4, -0.2) is 25.4 Å². The maximum Gasteiger partial charge on any atom is 0.119 e. The average molecular weight is 207 g/mol. The lowest BCUT2D eigenvalue weighted by molar-refractivity contribution is 0.211. The molecule has 0 unspecified atom stereocenters. The van der Waals surface area contributed by atoms with Gasteiger partial charge >= 0.3 is 0 Å². The first-order valence-corrected chi connectivity index (χ1v) is 5.20. The first kappa shape index (κ1) is 10.5. The van der Waals surface area contributed by atoms with Crippen LogP contribution in [0.3, 0.4) is 0 Å². The van der Waals surface area contributed by atoms with E-state index in [1.165, 1.54) is 5.56 Å². The number of ether oxygens (including phenoxy) is 1. The average Bonchev–Trinajstić information content (AvgIpc) is 3.04. The molecule has 82 valence electrons. The number of methoxy groups -OCH3 is 1. The van der Waals surface area contributed by atoms with Crippen molar-refractivity contribution in [3.63, 3.8) is 0 Å². The zero-order valence-corrected chi connectivity index (χ0v) is 8.94. The van der Waals surface area contributed by atoms with Gasteiger partial charge in [-0.1, -0.05) is 12.1 Å². The Bertz CT molecular complexity index is 347. The van der Waals surface area contributed by atoms with Crippen molar-refractivity contribution in [1.82, 2.24) is 0 Å². The molecule has 1 aliphatic rings. The first-order chi connectivity index (χ1) is 7.25. The monoisotopic (exact) mass is 207 g/mol. The van der Waals surface area contributed by atoms with Crippen molar-refractivity contribution in [2.24, 2.45) is 11.1 Å². The van der Waals surface area contributed by atoms with E-state index in [-0.39, 0.29) is 12.0 Å². The maximum atomic E-state index is 9.30. The lowest BCUT2D eigenvalue weighted by Gasteiger charge is -2.11. The number of hydrogen-bond donors (Lipinski definition) is 2. The van der Waals surface area contributed by atoms with Gasteiger partial charge in [-0.3, -0.25) is 0 Å². The molecule has 2 atom stereocenters. The third-order valence-electron chi connectivity index (χ3n) is 3.41. The van der Waals surface area contributed by atoms with Gasteiger partial charge in [-0.15, -0.1) is 0 Å². The van der Waals surface area contributed by atoms with Gasteiger partial charge in [0.15, 0.2) is 0 Å². The third-order valence-corrected chi connectivity index (χ3v) is 3.41. The zero-order valence-electron chi connectivity index (χ0n) is 8.94. The van der Waals surface area contributed by atoms with Gasteiger partial charge < -0.3 is 15.6 Å². The molecule has 1 saturated carbocycles. The Hall–Kier alpha value is -1.06. The predicted molar refractivity (Wildman–Crippen MR) is 58.9 cm³/mol. The van der Waals surface area contributed by atoms with E-state index in [2.05, 4.69) is 6.07 Å². The highest BCUT2D eigenvalue weighted by molar-refractivity contribution is 5.36. The van der Waals surface area contributed by atoms with Crippen LogP contribution in [0.15, 0.2) is 24.3 Å². The number of rotatable bonds is 4. The topological polar surface area (TPSA) is 55.5 Å². The van der Waals surface area contributed by atoms with Crippen LogP contribution in [-0.2, 0) is 0 Å². The largest absolute Gasteiger partial charge is 0.497 e. The number of aliphatic hydroxyl groups is 1. The van der Waals surface area contributed by atoms with Crippen LogP contribution in [0.4, 0.5) is 0 Å². The molecule has 3 N–H and O–H groups in total. The fourth-order valence-electron chi connectivity index (χ4n) is 2.14. The molecule has 15 heavy (non-hydrogen) atoms. The zero-order chi connectivity index (χ0) is 10.9. The van der Waals surface area contributed by atoms with E-state index >= 15 is 0 Å². The summed E-state index contributed by atoms with van der Waals surface area (Å²) < 4.78 is 5.17. The third kappa shape index (κ3) is 1.73. The molecule has 1 aromatic carbocycles. The lowest BCUT2D eigenvalue weighted by atomic mass is 10.00. The summed E-state index contributed by atoms with van der Waals surface area (Å²) in [6.45, 7) is 0.719. The number of benzene rings is 1. The van der Waals surface area contributed by atoms with Crippen LogP contribution in [0.5, 0.6) is 5.75 Å². The van der Waals surface area contributed by atoms with Crippen molar-refractivity contribution in [3.8, 4) is 5.75 Å². The van der Waals surface area contributed by atoms with Crippen LogP contribution in [0.25, 0.3) is 0 Å². The summed E-state index contributed by atoms with van der Waals surface area (Å²) in [6.07, 6.45) is 0.979. The summed E-state index contributed by atoms with van der Waals surface area (Å²) in [5, 5.41) is 9.30. The highest BCUT2D eigenvalue weighted by atomic mass is 16.5. The first-order valence-electron chi connectivity index (χ1n) is 5.20. The van der Waals surface area contributed by atoms with Gasteiger partial charge in [-0.25, -0.2) is 0 Å². The van der Waals surface area contributed by atoms with Crippen molar-refractivity contribution >= 4 is 0 Å². The molecule has 0 radical (unpaired) electrons. The minimum absolute atomic E-state index is 0.0770. The second-order valence-corrected chi connectivity index (χ2v) is 4.26. The molecule has 3 heteroatoms. The van der Waals surface area contributed by atoms with Crippen molar-refractivity contribution in [1.29, 1.82) is 0 Å². The molecular weight excluding hydrogens is 190 g/mol. The molecular formula is C12H17NO2. The van der Waals surface area contributed by atoms with E-state index in [0.717, 1.165) is 12.2 Å². The maximum absolute atomic E-state index is 9.30. The summed E-state index contributed by atoms with van der Waals surface area (Å²) in [5.74, 6) is 1.26. The second-order valence-electron chi connectivity index (χ2n) is 4.26. The van der Waals surface area contributed by atoms with Gasteiger partial charge in [0.1, 0.15) is 5.75 Å². The fourth-order valence-corrected chi connectivity index (χ4v) is 2.14.